The number of halogens is 1. The van der Waals surface area contributed by atoms with Crippen LogP contribution in [0.25, 0.3) is 10.9 Å². The Labute approximate surface area is 109 Å². The van der Waals surface area contributed by atoms with E-state index in [1.807, 2.05) is 0 Å². The van der Waals surface area contributed by atoms with Gasteiger partial charge in [-0.15, -0.1) is 0 Å². The number of aromatic amines is 1. The van der Waals surface area contributed by atoms with Gasteiger partial charge in [-0.25, -0.2) is 0 Å². The van der Waals surface area contributed by atoms with Crippen molar-refractivity contribution < 1.29 is 9.53 Å². The first-order chi connectivity index (χ1) is 8.60. The first kappa shape index (κ1) is 12.6. The Morgan fingerprint density at radius 3 is 2.89 bits per heavy atom. The zero-order chi connectivity index (χ0) is 13.1. The molecule has 0 fully saturated rings. The van der Waals surface area contributed by atoms with E-state index < -0.39 is 0 Å². The fourth-order valence-corrected chi connectivity index (χ4v) is 1.91. The van der Waals surface area contributed by atoms with Crippen molar-refractivity contribution in [2.24, 2.45) is 0 Å². The number of hydrogen-bond donors (Lipinski definition) is 1. The van der Waals surface area contributed by atoms with E-state index in [-0.39, 0.29) is 17.8 Å². The van der Waals surface area contributed by atoms with Crippen molar-refractivity contribution in [3.05, 3.63) is 45.2 Å². The molecule has 18 heavy (non-hydrogen) atoms. The Hall–Kier alpha value is -1.81. The van der Waals surface area contributed by atoms with Crippen molar-refractivity contribution in [3.63, 3.8) is 0 Å². The molecule has 0 bridgehead atoms. The van der Waals surface area contributed by atoms with E-state index in [0.29, 0.717) is 28.2 Å². The topological polar surface area (TPSA) is 59.2 Å². The molecule has 0 saturated carbocycles. The smallest absolute Gasteiger partial charge is 0.311 e. The van der Waals surface area contributed by atoms with E-state index in [0.717, 1.165) is 0 Å². The summed E-state index contributed by atoms with van der Waals surface area (Å²) >= 11 is 5.87. The van der Waals surface area contributed by atoms with Gasteiger partial charge in [-0.05, 0) is 25.1 Å². The van der Waals surface area contributed by atoms with Gasteiger partial charge in [0, 0.05) is 22.2 Å². The Morgan fingerprint density at radius 2 is 2.17 bits per heavy atom. The molecule has 2 aromatic rings. The Balaban J connectivity index is 2.42. The number of aromatic nitrogens is 1. The number of fused-ring (bicyclic) bond motifs is 1. The maximum Gasteiger partial charge on any atom is 0.311 e. The Morgan fingerprint density at radius 1 is 1.39 bits per heavy atom. The molecule has 0 spiro atoms. The zero-order valence-electron chi connectivity index (χ0n) is 9.83. The van der Waals surface area contributed by atoms with Crippen LogP contribution in [0.1, 0.15) is 12.6 Å². The van der Waals surface area contributed by atoms with Crippen LogP contribution in [0.5, 0.6) is 0 Å². The lowest BCUT2D eigenvalue weighted by atomic mass is 10.1. The first-order valence-corrected chi connectivity index (χ1v) is 5.95. The number of carbonyl (C=O) groups excluding carboxylic acids is 1. The van der Waals surface area contributed by atoms with Crippen molar-refractivity contribution in [1.82, 2.24) is 4.98 Å². The van der Waals surface area contributed by atoms with Gasteiger partial charge in [-0.2, -0.15) is 0 Å². The molecule has 2 rings (SSSR count). The lowest BCUT2D eigenvalue weighted by Gasteiger charge is -2.04. The molecule has 0 unspecified atom stereocenters. The van der Waals surface area contributed by atoms with Gasteiger partial charge in [-0.1, -0.05) is 11.6 Å². The molecule has 1 aromatic carbocycles. The highest BCUT2D eigenvalue weighted by Gasteiger charge is 2.07. The third-order valence-electron chi connectivity index (χ3n) is 2.49. The summed E-state index contributed by atoms with van der Waals surface area (Å²) in [4.78, 5) is 26.2. The molecule has 1 N–H and O–H groups in total. The largest absolute Gasteiger partial charge is 0.466 e. The third-order valence-corrected chi connectivity index (χ3v) is 2.72. The SMILES string of the molecule is CCOC(=O)Cc1cc(=O)c2ccc(Cl)cc2[nH]1. The second-order valence-electron chi connectivity index (χ2n) is 3.83. The minimum absolute atomic E-state index is 0.0472. The Bertz CT molecular complexity index is 648. The zero-order valence-corrected chi connectivity index (χ0v) is 10.6. The maximum absolute atomic E-state index is 11.8. The summed E-state index contributed by atoms with van der Waals surface area (Å²) in [6, 6.07) is 6.38. The van der Waals surface area contributed by atoms with Crippen LogP contribution < -0.4 is 5.43 Å². The van der Waals surface area contributed by atoms with Gasteiger partial charge in [0.15, 0.2) is 5.43 Å². The average molecular weight is 266 g/mol. The number of ether oxygens (including phenoxy) is 1. The summed E-state index contributed by atoms with van der Waals surface area (Å²) in [5, 5.41) is 1.08. The predicted octanol–water partition coefficient (Wildman–Crippen LogP) is 2.29. The van der Waals surface area contributed by atoms with E-state index in [9.17, 15) is 9.59 Å². The lowest BCUT2D eigenvalue weighted by Crippen LogP contribution is -2.12. The summed E-state index contributed by atoms with van der Waals surface area (Å²) in [6.07, 6.45) is 0.0472. The molecule has 0 aliphatic carbocycles. The molecule has 5 heteroatoms. The van der Waals surface area contributed by atoms with Gasteiger partial charge in [0.25, 0.3) is 0 Å². The van der Waals surface area contributed by atoms with E-state index in [1.54, 1.807) is 25.1 Å². The van der Waals surface area contributed by atoms with E-state index >= 15 is 0 Å². The van der Waals surface area contributed by atoms with Crippen LogP contribution in [-0.4, -0.2) is 17.6 Å². The van der Waals surface area contributed by atoms with Crippen molar-refractivity contribution >= 4 is 28.5 Å². The van der Waals surface area contributed by atoms with Crippen molar-refractivity contribution in [3.8, 4) is 0 Å². The molecule has 94 valence electrons. The number of nitrogens with one attached hydrogen (secondary N) is 1. The van der Waals surface area contributed by atoms with E-state index in [4.69, 9.17) is 16.3 Å². The normalized spacial score (nSPS) is 10.6. The molecule has 4 nitrogen and oxygen atoms in total. The predicted molar refractivity (Wildman–Crippen MR) is 69.9 cm³/mol. The molecule has 0 saturated heterocycles. The van der Waals surface area contributed by atoms with E-state index in [2.05, 4.69) is 4.98 Å². The van der Waals surface area contributed by atoms with Crippen LogP contribution in [-0.2, 0) is 16.0 Å². The molecule has 0 aliphatic rings. The highest BCUT2D eigenvalue weighted by Crippen LogP contribution is 2.15. The second kappa shape index (κ2) is 5.23. The maximum atomic E-state index is 11.8. The van der Waals surface area contributed by atoms with Gasteiger partial charge >= 0.3 is 5.97 Å². The summed E-state index contributed by atoms with van der Waals surface area (Å²) in [5.74, 6) is -0.366. The summed E-state index contributed by atoms with van der Waals surface area (Å²) in [5.41, 5.74) is 1.00. The average Bonchev–Trinajstić information content (AvgIpc) is 2.28. The van der Waals surface area contributed by atoms with Crippen LogP contribution in [0.4, 0.5) is 0 Å². The number of benzene rings is 1. The van der Waals surface area contributed by atoms with E-state index in [1.165, 1.54) is 6.07 Å². The molecular formula is C13H12ClNO3. The molecule has 0 radical (unpaired) electrons. The quantitative estimate of drug-likeness (QED) is 0.866. The fraction of sp³-hybridized carbons (Fsp3) is 0.231. The number of hydrogen-bond acceptors (Lipinski definition) is 3. The molecule has 0 amide bonds. The number of H-pyrrole nitrogens is 1. The van der Waals surface area contributed by atoms with Crippen LogP contribution in [0.3, 0.4) is 0 Å². The van der Waals surface area contributed by atoms with Gasteiger partial charge < -0.3 is 9.72 Å². The van der Waals surface area contributed by atoms with Crippen LogP contribution >= 0.6 is 11.6 Å². The highest BCUT2D eigenvalue weighted by atomic mass is 35.5. The molecular weight excluding hydrogens is 254 g/mol. The Kier molecular flexibility index (Phi) is 3.67. The third kappa shape index (κ3) is 2.71. The van der Waals surface area contributed by atoms with Gasteiger partial charge in [0.2, 0.25) is 0 Å². The van der Waals surface area contributed by atoms with Crippen molar-refractivity contribution in [1.29, 1.82) is 0 Å². The molecule has 1 aromatic heterocycles. The van der Waals surface area contributed by atoms with Crippen molar-refractivity contribution in [2.75, 3.05) is 6.61 Å². The highest BCUT2D eigenvalue weighted by molar-refractivity contribution is 6.31. The van der Waals surface area contributed by atoms with Crippen LogP contribution in [0.2, 0.25) is 5.02 Å². The standard InChI is InChI=1S/C13H12ClNO3/c1-2-18-13(17)7-9-6-12(16)10-4-3-8(14)5-11(10)15-9/h3-6H,2,7H2,1H3,(H,15,16). The van der Waals surface area contributed by atoms with Gasteiger partial charge in [0.1, 0.15) is 0 Å². The van der Waals surface area contributed by atoms with Crippen molar-refractivity contribution in [2.45, 2.75) is 13.3 Å². The number of esters is 1. The summed E-state index contributed by atoms with van der Waals surface area (Å²) in [7, 11) is 0. The number of pyridine rings is 1. The second-order valence-corrected chi connectivity index (χ2v) is 4.27. The van der Waals surface area contributed by atoms with Gasteiger partial charge in [-0.3, -0.25) is 9.59 Å². The van der Waals surface area contributed by atoms with Gasteiger partial charge in [0.05, 0.1) is 18.5 Å². The van der Waals surface area contributed by atoms with Crippen LogP contribution in [0, 0.1) is 0 Å². The molecule has 1 heterocycles. The minimum atomic E-state index is -0.366. The molecule has 0 atom stereocenters. The summed E-state index contributed by atoms with van der Waals surface area (Å²) in [6.45, 7) is 2.06. The monoisotopic (exact) mass is 265 g/mol. The lowest BCUT2D eigenvalue weighted by molar-refractivity contribution is -0.142. The van der Waals surface area contributed by atoms with Crippen LogP contribution in [0.15, 0.2) is 29.1 Å². The number of rotatable bonds is 3. The fourth-order valence-electron chi connectivity index (χ4n) is 1.74. The minimum Gasteiger partial charge on any atom is -0.466 e. The first-order valence-electron chi connectivity index (χ1n) is 5.57. The summed E-state index contributed by atoms with van der Waals surface area (Å²) < 4.78 is 4.83. The number of carbonyl (C=O) groups is 1. The molecule has 0 aliphatic heterocycles.